The van der Waals surface area contributed by atoms with E-state index in [4.69, 9.17) is 0 Å². The van der Waals surface area contributed by atoms with Crippen LogP contribution in [0.4, 0.5) is 8.78 Å². The summed E-state index contributed by atoms with van der Waals surface area (Å²) in [4.78, 5) is 14.5. The number of thioether (sulfide) groups is 1. The molecule has 4 rings (SSSR count). The molecule has 29 heavy (non-hydrogen) atoms. The number of nitrogens with zero attached hydrogens (tertiary/aromatic N) is 6. The van der Waals surface area contributed by atoms with Gasteiger partial charge in [-0.1, -0.05) is 11.8 Å². The molecule has 0 N–H and O–H groups in total. The molecule has 1 aromatic carbocycles. The summed E-state index contributed by atoms with van der Waals surface area (Å²) in [7, 11) is 1.87. The van der Waals surface area contributed by atoms with Gasteiger partial charge in [-0.25, -0.2) is 8.78 Å². The Balaban J connectivity index is 1.70. The molecule has 1 amide bonds. The van der Waals surface area contributed by atoms with Gasteiger partial charge in [-0.05, 0) is 31.4 Å². The van der Waals surface area contributed by atoms with E-state index in [0.717, 1.165) is 28.5 Å². The lowest BCUT2D eigenvalue weighted by atomic mass is 10.0. The van der Waals surface area contributed by atoms with Crippen molar-refractivity contribution in [3.8, 4) is 11.5 Å². The number of aryl methyl sites for hydroxylation is 1. The van der Waals surface area contributed by atoms with Gasteiger partial charge < -0.3 is 9.47 Å². The minimum atomic E-state index is -1.03. The summed E-state index contributed by atoms with van der Waals surface area (Å²) < 4.78 is 30.6. The second-order valence-electron chi connectivity index (χ2n) is 6.76. The highest BCUT2D eigenvalue weighted by atomic mass is 32.2. The van der Waals surface area contributed by atoms with Crippen LogP contribution in [0.2, 0.25) is 0 Å². The molecule has 1 aliphatic heterocycles. The van der Waals surface area contributed by atoms with E-state index in [1.807, 2.05) is 29.5 Å². The van der Waals surface area contributed by atoms with Gasteiger partial charge in [0, 0.05) is 43.4 Å². The molecule has 0 bridgehead atoms. The van der Waals surface area contributed by atoms with E-state index < -0.39 is 11.6 Å². The zero-order chi connectivity index (χ0) is 20.7. The van der Waals surface area contributed by atoms with Gasteiger partial charge in [0.05, 0.1) is 6.54 Å². The summed E-state index contributed by atoms with van der Waals surface area (Å²) in [6.45, 7) is 3.50. The van der Waals surface area contributed by atoms with Crippen molar-refractivity contribution in [2.75, 3.05) is 12.8 Å². The highest BCUT2D eigenvalue weighted by Gasteiger charge is 2.30. The number of carbonyl (C=O) groups excluding carboxylic acids is 1. The highest BCUT2D eigenvalue weighted by molar-refractivity contribution is 7.98. The molecule has 3 heterocycles. The summed E-state index contributed by atoms with van der Waals surface area (Å²) in [6, 6.07) is 3.22. The first-order chi connectivity index (χ1) is 13.9. The van der Waals surface area contributed by atoms with Crippen LogP contribution in [0.3, 0.4) is 0 Å². The Morgan fingerprint density at radius 3 is 2.72 bits per heavy atom. The lowest BCUT2D eigenvalue weighted by molar-refractivity contribution is 0.0733. The Labute approximate surface area is 170 Å². The van der Waals surface area contributed by atoms with Gasteiger partial charge >= 0.3 is 0 Å². The molecule has 2 aromatic heterocycles. The highest BCUT2D eigenvalue weighted by Crippen LogP contribution is 2.31. The summed E-state index contributed by atoms with van der Waals surface area (Å²) in [5.41, 5.74) is 2.76. The molecule has 0 fully saturated rings. The van der Waals surface area contributed by atoms with Crippen LogP contribution in [-0.2, 0) is 26.6 Å². The molecule has 0 aliphatic carbocycles. The maximum Gasteiger partial charge on any atom is 0.254 e. The Kier molecular flexibility index (Phi) is 5.12. The van der Waals surface area contributed by atoms with E-state index >= 15 is 0 Å². The second kappa shape index (κ2) is 7.58. The van der Waals surface area contributed by atoms with Gasteiger partial charge in [0.1, 0.15) is 5.69 Å². The largest absolute Gasteiger partial charge is 0.334 e. The van der Waals surface area contributed by atoms with Gasteiger partial charge in [-0.2, -0.15) is 5.10 Å². The molecule has 0 atom stereocenters. The van der Waals surface area contributed by atoms with Gasteiger partial charge in [-0.15, -0.1) is 10.2 Å². The number of hydrogen-bond acceptors (Lipinski definition) is 5. The molecule has 10 heteroatoms. The fraction of sp³-hybridized carbons (Fsp3) is 0.368. The number of aromatic nitrogens is 5. The van der Waals surface area contributed by atoms with E-state index in [-0.39, 0.29) is 11.5 Å². The topological polar surface area (TPSA) is 68.8 Å². The fourth-order valence-corrected chi connectivity index (χ4v) is 4.22. The van der Waals surface area contributed by atoms with E-state index in [0.29, 0.717) is 37.6 Å². The van der Waals surface area contributed by atoms with Gasteiger partial charge in [0.2, 0.25) is 0 Å². The zero-order valence-electron chi connectivity index (χ0n) is 16.3. The van der Waals surface area contributed by atoms with Gasteiger partial charge in [-0.3, -0.25) is 9.48 Å². The minimum absolute atomic E-state index is 0.124. The average Bonchev–Trinajstić information content (AvgIpc) is 3.29. The quantitative estimate of drug-likeness (QED) is 0.610. The third-order valence-corrected chi connectivity index (χ3v) is 5.79. The number of carbonyl (C=O) groups is 1. The SMILES string of the molecule is CCn1c(SC)nnc1-c1nn(C)c2c1CN(C(=O)c1ccc(F)c(F)c1)CC2. The second-order valence-corrected chi connectivity index (χ2v) is 7.53. The fourth-order valence-electron chi connectivity index (χ4n) is 3.66. The summed E-state index contributed by atoms with van der Waals surface area (Å²) in [5.74, 6) is -1.68. The number of hydrogen-bond donors (Lipinski definition) is 0. The van der Waals surface area contributed by atoms with E-state index in [2.05, 4.69) is 15.3 Å². The van der Waals surface area contributed by atoms with Crippen LogP contribution in [0.5, 0.6) is 0 Å². The molecule has 1 aliphatic rings. The Morgan fingerprint density at radius 2 is 2.03 bits per heavy atom. The maximum atomic E-state index is 13.6. The first kappa shape index (κ1) is 19.6. The molecule has 0 radical (unpaired) electrons. The first-order valence-electron chi connectivity index (χ1n) is 9.21. The van der Waals surface area contributed by atoms with Crippen molar-refractivity contribution in [3.05, 3.63) is 46.7 Å². The first-order valence-corrected chi connectivity index (χ1v) is 10.4. The molecule has 7 nitrogen and oxygen atoms in total. The minimum Gasteiger partial charge on any atom is -0.334 e. The van der Waals surface area contributed by atoms with E-state index in [1.54, 1.807) is 4.90 Å². The lowest BCUT2D eigenvalue weighted by Gasteiger charge is -2.27. The predicted octanol–water partition coefficient (Wildman–Crippen LogP) is 2.90. The molecular weight excluding hydrogens is 398 g/mol. The molecule has 3 aromatic rings. The van der Waals surface area contributed by atoms with Crippen LogP contribution in [0.15, 0.2) is 23.4 Å². The van der Waals surface area contributed by atoms with Crippen LogP contribution in [0.1, 0.15) is 28.5 Å². The molecule has 0 unspecified atom stereocenters. The van der Waals surface area contributed by atoms with Crippen molar-refractivity contribution < 1.29 is 13.6 Å². The smallest absolute Gasteiger partial charge is 0.254 e. The molecule has 0 saturated carbocycles. The number of rotatable bonds is 4. The zero-order valence-corrected chi connectivity index (χ0v) is 17.1. The predicted molar refractivity (Wildman–Crippen MR) is 104 cm³/mol. The van der Waals surface area contributed by atoms with Crippen LogP contribution in [0.25, 0.3) is 11.5 Å². The lowest BCUT2D eigenvalue weighted by Crippen LogP contribution is -2.36. The van der Waals surface area contributed by atoms with Crippen LogP contribution in [0, 0.1) is 11.6 Å². The molecular formula is C19H20F2N6OS. The van der Waals surface area contributed by atoms with Crippen LogP contribution in [-0.4, -0.2) is 48.2 Å². The third kappa shape index (κ3) is 3.31. The van der Waals surface area contributed by atoms with E-state index in [1.165, 1.54) is 17.8 Å². The summed E-state index contributed by atoms with van der Waals surface area (Å²) in [6.07, 6.45) is 2.56. The Hall–Kier alpha value is -2.75. The number of halogens is 2. The van der Waals surface area contributed by atoms with Crippen molar-refractivity contribution in [1.82, 2.24) is 29.4 Å². The van der Waals surface area contributed by atoms with Crippen molar-refractivity contribution in [1.29, 1.82) is 0 Å². The van der Waals surface area contributed by atoms with Gasteiger partial charge in [0.25, 0.3) is 5.91 Å². The average molecular weight is 418 g/mol. The molecule has 0 saturated heterocycles. The summed E-state index contributed by atoms with van der Waals surface area (Å²) in [5, 5.41) is 14.0. The molecule has 0 spiro atoms. The van der Waals surface area contributed by atoms with Crippen LogP contribution >= 0.6 is 11.8 Å². The van der Waals surface area contributed by atoms with Crippen molar-refractivity contribution in [3.63, 3.8) is 0 Å². The van der Waals surface area contributed by atoms with Gasteiger partial charge in [0.15, 0.2) is 22.6 Å². The summed E-state index contributed by atoms with van der Waals surface area (Å²) >= 11 is 1.51. The van der Waals surface area contributed by atoms with Crippen molar-refractivity contribution in [2.24, 2.45) is 7.05 Å². The molecule has 152 valence electrons. The van der Waals surface area contributed by atoms with Crippen molar-refractivity contribution >= 4 is 17.7 Å². The third-order valence-electron chi connectivity index (χ3n) is 5.12. The Bertz CT molecular complexity index is 1090. The number of fused-ring (bicyclic) bond motifs is 1. The monoisotopic (exact) mass is 418 g/mol. The van der Waals surface area contributed by atoms with E-state index in [9.17, 15) is 13.6 Å². The standard InChI is InChI=1S/C19H20F2N6OS/c1-4-27-17(22-23-19(27)29-3)16-12-10-26(8-7-15(12)25(2)24-16)18(28)11-5-6-13(20)14(21)9-11/h5-6,9H,4,7-8,10H2,1-3H3. The Morgan fingerprint density at radius 1 is 1.24 bits per heavy atom. The number of benzene rings is 1. The normalized spacial score (nSPS) is 13.6. The number of amides is 1. The van der Waals surface area contributed by atoms with Crippen LogP contribution < -0.4 is 0 Å². The van der Waals surface area contributed by atoms with Crippen molar-refractivity contribution in [2.45, 2.75) is 31.6 Å². The maximum absolute atomic E-state index is 13.6.